The number of piperidine rings is 1. The van der Waals surface area contributed by atoms with Crippen molar-refractivity contribution >= 4 is 57.4 Å². The number of rotatable bonds is 4. The summed E-state index contributed by atoms with van der Waals surface area (Å²) in [6.45, 7) is 5.53. The lowest BCUT2D eigenvalue weighted by Gasteiger charge is -2.32. The summed E-state index contributed by atoms with van der Waals surface area (Å²) in [6.07, 6.45) is 5.39. The number of pyridine rings is 1. The van der Waals surface area contributed by atoms with E-state index in [1.165, 1.54) is 14.0 Å². The highest BCUT2D eigenvalue weighted by Crippen LogP contribution is 2.37. The number of para-hydroxylation sites is 1. The molecule has 0 bridgehead atoms. The molecular formula is C29H28N6O3S2. The molecule has 4 aromatic rings. The van der Waals surface area contributed by atoms with Gasteiger partial charge < -0.3 is 4.90 Å². The Labute approximate surface area is 240 Å². The van der Waals surface area contributed by atoms with Crippen LogP contribution >= 0.6 is 24.0 Å². The zero-order chi connectivity index (χ0) is 28.1. The number of carbonyl (C=O) groups is 1. The summed E-state index contributed by atoms with van der Waals surface area (Å²) >= 11 is 6.71. The summed E-state index contributed by atoms with van der Waals surface area (Å²) in [4.78, 5) is 49.8. The smallest absolute Gasteiger partial charge is 0.296 e. The first-order valence-electron chi connectivity index (χ1n) is 13.1. The van der Waals surface area contributed by atoms with Gasteiger partial charge in [-0.2, -0.15) is 0 Å². The number of amides is 1. The molecule has 0 aliphatic carbocycles. The third kappa shape index (κ3) is 4.29. The van der Waals surface area contributed by atoms with Crippen LogP contribution in [0.4, 0.5) is 11.5 Å². The van der Waals surface area contributed by atoms with Crippen molar-refractivity contribution in [3.8, 4) is 5.69 Å². The van der Waals surface area contributed by atoms with Crippen molar-refractivity contribution in [2.24, 2.45) is 13.0 Å². The van der Waals surface area contributed by atoms with E-state index in [0.717, 1.165) is 37.7 Å². The van der Waals surface area contributed by atoms with Gasteiger partial charge in [0.05, 0.1) is 21.8 Å². The van der Waals surface area contributed by atoms with Crippen LogP contribution in [0.3, 0.4) is 0 Å². The molecule has 0 N–H and O–H groups in total. The number of fused-ring (bicyclic) bond motifs is 1. The molecule has 204 valence electrons. The standard InChI is InChI=1S/C29H28N6O3S2/c1-18-10-9-14-32(17-18)25-21(26(36)33-15-8-7-13-23(33)30-25)16-22-27(37)34(29(39)40-22)24-19(2)31(3)35(28(24)38)20-11-5-4-6-12-20/h4-8,11-13,15-16,18H,9-10,14,17H2,1-3H3. The van der Waals surface area contributed by atoms with Gasteiger partial charge in [0.1, 0.15) is 17.2 Å². The first-order chi connectivity index (χ1) is 19.3. The molecule has 1 amide bonds. The van der Waals surface area contributed by atoms with E-state index in [9.17, 15) is 14.4 Å². The fraction of sp³-hybridized carbons (Fsp3) is 0.276. The maximum atomic E-state index is 13.8. The first-order valence-corrected chi connectivity index (χ1v) is 14.4. The molecule has 1 unspecified atom stereocenters. The second-order valence-corrected chi connectivity index (χ2v) is 11.9. The number of hydrogen-bond donors (Lipinski definition) is 0. The van der Waals surface area contributed by atoms with Crippen molar-refractivity contribution in [2.45, 2.75) is 26.7 Å². The van der Waals surface area contributed by atoms with Crippen molar-refractivity contribution in [1.82, 2.24) is 18.7 Å². The molecule has 2 aliphatic rings. The molecule has 1 atom stereocenters. The van der Waals surface area contributed by atoms with Crippen molar-refractivity contribution in [3.63, 3.8) is 0 Å². The van der Waals surface area contributed by atoms with E-state index in [2.05, 4.69) is 11.8 Å². The summed E-state index contributed by atoms with van der Waals surface area (Å²) in [6, 6.07) is 14.7. The first kappa shape index (κ1) is 26.3. The van der Waals surface area contributed by atoms with Crippen molar-refractivity contribution in [3.05, 3.63) is 91.6 Å². The summed E-state index contributed by atoms with van der Waals surface area (Å²) in [5.41, 5.74) is 1.76. The van der Waals surface area contributed by atoms with Crippen LogP contribution in [-0.4, -0.2) is 42.1 Å². The monoisotopic (exact) mass is 572 g/mol. The summed E-state index contributed by atoms with van der Waals surface area (Å²) in [5.74, 6) is 0.593. The number of aromatic nitrogens is 4. The van der Waals surface area contributed by atoms with Crippen LogP contribution in [0.5, 0.6) is 0 Å². The highest BCUT2D eigenvalue weighted by atomic mass is 32.2. The van der Waals surface area contributed by atoms with E-state index < -0.39 is 5.91 Å². The lowest BCUT2D eigenvalue weighted by molar-refractivity contribution is -0.113. The highest BCUT2D eigenvalue weighted by molar-refractivity contribution is 8.27. The van der Waals surface area contributed by atoms with Crippen molar-refractivity contribution < 1.29 is 4.79 Å². The lowest BCUT2D eigenvalue weighted by atomic mass is 10.00. The predicted molar refractivity (Wildman–Crippen MR) is 163 cm³/mol. The Morgan fingerprint density at radius 1 is 1.05 bits per heavy atom. The number of carbonyl (C=O) groups excluding carboxylic acids is 1. The zero-order valence-corrected chi connectivity index (χ0v) is 24.0. The van der Waals surface area contributed by atoms with Gasteiger partial charge in [-0.3, -0.25) is 28.4 Å². The summed E-state index contributed by atoms with van der Waals surface area (Å²) in [5, 5.41) is 0. The van der Waals surface area contributed by atoms with Crippen LogP contribution < -0.4 is 20.9 Å². The molecule has 9 nitrogen and oxygen atoms in total. The molecule has 40 heavy (non-hydrogen) atoms. The Morgan fingerprint density at radius 2 is 1.80 bits per heavy atom. The fourth-order valence-electron chi connectivity index (χ4n) is 5.44. The molecule has 0 saturated carbocycles. The lowest BCUT2D eigenvalue weighted by Crippen LogP contribution is -2.37. The predicted octanol–water partition coefficient (Wildman–Crippen LogP) is 4.13. The Balaban J connectivity index is 1.47. The van der Waals surface area contributed by atoms with Crippen LogP contribution in [-0.2, 0) is 11.8 Å². The van der Waals surface area contributed by atoms with Gasteiger partial charge in [-0.15, -0.1) is 0 Å². The molecule has 2 aliphatic heterocycles. The Bertz CT molecular complexity index is 1820. The average molecular weight is 573 g/mol. The van der Waals surface area contributed by atoms with Crippen LogP contribution in [0.15, 0.2) is 69.2 Å². The molecule has 2 saturated heterocycles. The molecule has 6 rings (SSSR count). The average Bonchev–Trinajstić information content (AvgIpc) is 3.34. The van der Waals surface area contributed by atoms with Gasteiger partial charge in [0.2, 0.25) is 0 Å². The van der Waals surface area contributed by atoms with Crippen LogP contribution in [0.25, 0.3) is 17.4 Å². The minimum absolute atomic E-state index is 0.204. The quantitative estimate of drug-likeness (QED) is 0.269. The minimum atomic E-state index is -0.434. The van der Waals surface area contributed by atoms with Crippen LogP contribution in [0.2, 0.25) is 0 Å². The molecular weight excluding hydrogens is 544 g/mol. The topological polar surface area (TPSA) is 84.9 Å². The molecule has 2 fully saturated rings. The molecule has 3 aromatic heterocycles. The number of thiocarbonyl (C=S) groups is 1. The SMILES string of the molecule is Cc1c(N2C(=O)C(=Cc3c(N4CCCC(C)C4)nc4ccccn4c3=O)SC2=S)c(=O)n(-c2ccccc2)n1C. The number of thioether (sulfide) groups is 1. The maximum absolute atomic E-state index is 13.8. The Morgan fingerprint density at radius 3 is 2.55 bits per heavy atom. The van der Waals surface area contributed by atoms with Gasteiger partial charge in [0.25, 0.3) is 17.0 Å². The van der Waals surface area contributed by atoms with E-state index in [1.807, 2.05) is 36.4 Å². The molecule has 0 radical (unpaired) electrons. The second-order valence-electron chi connectivity index (χ2n) is 10.2. The molecule has 1 aromatic carbocycles. The van der Waals surface area contributed by atoms with Gasteiger partial charge in [0.15, 0.2) is 4.32 Å². The fourth-order valence-corrected chi connectivity index (χ4v) is 6.70. The van der Waals surface area contributed by atoms with Gasteiger partial charge in [-0.1, -0.05) is 55.2 Å². The van der Waals surface area contributed by atoms with Crippen molar-refractivity contribution in [2.75, 3.05) is 22.9 Å². The number of benzene rings is 1. The Kier molecular flexibility index (Phi) is 6.71. The van der Waals surface area contributed by atoms with E-state index >= 15 is 0 Å². The minimum Gasteiger partial charge on any atom is -0.356 e. The zero-order valence-electron chi connectivity index (χ0n) is 22.4. The third-order valence-electron chi connectivity index (χ3n) is 7.52. The summed E-state index contributed by atoms with van der Waals surface area (Å²) < 4.78 is 4.96. The van der Waals surface area contributed by atoms with E-state index in [1.54, 1.807) is 43.1 Å². The van der Waals surface area contributed by atoms with Crippen molar-refractivity contribution in [1.29, 1.82) is 0 Å². The van der Waals surface area contributed by atoms with Crippen LogP contribution in [0.1, 0.15) is 31.0 Å². The molecule has 5 heterocycles. The van der Waals surface area contributed by atoms with E-state index in [4.69, 9.17) is 17.2 Å². The largest absolute Gasteiger partial charge is 0.356 e. The van der Waals surface area contributed by atoms with Gasteiger partial charge in [-0.05, 0) is 56.0 Å². The Hall–Kier alpha value is -3.96. The van der Waals surface area contributed by atoms with Gasteiger partial charge >= 0.3 is 0 Å². The van der Waals surface area contributed by atoms with E-state index in [-0.39, 0.29) is 26.0 Å². The highest BCUT2D eigenvalue weighted by Gasteiger charge is 2.38. The third-order valence-corrected chi connectivity index (χ3v) is 8.82. The number of anilines is 2. The molecule has 0 spiro atoms. The number of nitrogens with zero attached hydrogens (tertiary/aromatic N) is 6. The van der Waals surface area contributed by atoms with Gasteiger partial charge in [-0.25, -0.2) is 9.67 Å². The number of hydrogen-bond acceptors (Lipinski definition) is 7. The van der Waals surface area contributed by atoms with Crippen LogP contribution in [0, 0.1) is 12.8 Å². The second kappa shape index (κ2) is 10.2. The maximum Gasteiger partial charge on any atom is 0.296 e. The van der Waals surface area contributed by atoms with E-state index in [0.29, 0.717) is 34.3 Å². The summed E-state index contributed by atoms with van der Waals surface area (Å²) in [7, 11) is 1.77. The normalized spacial score (nSPS) is 18.9. The molecule has 11 heteroatoms. The van der Waals surface area contributed by atoms with Gasteiger partial charge in [0, 0.05) is 26.3 Å².